The van der Waals surface area contributed by atoms with E-state index >= 15 is 0 Å². The van der Waals surface area contributed by atoms with Crippen LogP contribution >= 0.6 is 0 Å². The zero-order valence-corrected chi connectivity index (χ0v) is 24.4. The van der Waals surface area contributed by atoms with Crippen LogP contribution in [0.15, 0.2) is 24.3 Å². The van der Waals surface area contributed by atoms with Crippen LogP contribution in [0.4, 0.5) is 52.7 Å². The van der Waals surface area contributed by atoms with Crippen LogP contribution < -0.4 is 10.4 Å². The molecule has 0 amide bonds. The second-order valence-electron chi connectivity index (χ2n) is 9.74. The molecular formula is C32H4F12N8. The number of hydrogen-bond donors (Lipinski definition) is 0. The highest BCUT2D eigenvalue weighted by atomic mass is 19.4. The van der Waals surface area contributed by atoms with Gasteiger partial charge in [-0.1, -0.05) is 12.1 Å². The van der Waals surface area contributed by atoms with Crippen molar-refractivity contribution < 1.29 is 52.7 Å². The molecule has 52 heavy (non-hydrogen) atoms. The minimum atomic E-state index is -5.88. The van der Waals surface area contributed by atoms with Gasteiger partial charge in [-0.05, 0) is 12.1 Å². The van der Waals surface area contributed by atoms with E-state index in [2.05, 4.69) is 0 Å². The molecule has 0 aromatic heterocycles. The number of hydrogen-bond acceptors (Lipinski definition) is 8. The van der Waals surface area contributed by atoms with E-state index < -0.39 is 113 Å². The summed E-state index contributed by atoms with van der Waals surface area (Å²) in [7, 11) is 0. The van der Waals surface area contributed by atoms with Crippen molar-refractivity contribution in [2.45, 2.75) is 24.7 Å². The molecular weight excluding hydrogens is 724 g/mol. The molecule has 0 fully saturated rings. The zero-order chi connectivity index (χ0) is 39.7. The quantitative estimate of drug-likeness (QED) is 0.269. The van der Waals surface area contributed by atoms with E-state index in [1.165, 1.54) is 12.1 Å². The van der Waals surface area contributed by atoms with Gasteiger partial charge in [-0.2, -0.15) is 94.8 Å². The topological polar surface area (TPSA) is 190 Å². The van der Waals surface area contributed by atoms with Gasteiger partial charge >= 0.3 is 24.7 Å². The molecule has 0 saturated heterocycles. The summed E-state index contributed by atoms with van der Waals surface area (Å²) in [6, 6.07) is 8.85. The minimum absolute atomic E-state index is 0.0797. The molecule has 0 aliphatic carbocycles. The van der Waals surface area contributed by atoms with Gasteiger partial charge in [0.1, 0.15) is 36.4 Å². The molecule has 3 rings (SSSR count). The highest BCUT2D eigenvalue weighted by Crippen LogP contribution is 2.46. The first kappa shape index (κ1) is 38.9. The first-order valence-electron chi connectivity index (χ1n) is 12.9. The Labute approximate surface area is 280 Å². The maximum absolute atomic E-state index is 14.3. The summed E-state index contributed by atoms with van der Waals surface area (Å²) in [6.07, 6.45) is -23.2. The Kier molecular flexibility index (Phi) is 10.0. The third-order valence-corrected chi connectivity index (χ3v) is 6.98. The predicted octanol–water partition coefficient (Wildman–Crippen LogP) is 6.44. The normalized spacial score (nSPS) is 12.7. The van der Waals surface area contributed by atoms with Gasteiger partial charge in [0.25, 0.3) is 0 Å². The van der Waals surface area contributed by atoms with Gasteiger partial charge in [0.05, 0.1) is 78.9 Å². The lowest BCUT2D eigenvalue weighted by Gasteiger charge is -2.20. The van der Waals surface area contributed by atoms with Crippen molar-refractivity contribution in [2.24, 2.45) is 0 Å². The van der Waals surface area contributed by atoms with Gasteiger partial charge in [0.2, 0.25) is 0 Å². The first-order valence-corrected chi connectivity index (χ1v) is 12.9. The van der Waals surface area contributed by atoms with Crippen molar-refractivity contribution in [3.63, 3.8) is 0 Å². The molecule has 0 unspecified atom stereocenters. The van der Waals surface area contributed by atoms with Gasteiger partial charge < -0.3 is 0 Å². The van der Waals surface area contributed by atoms with Crippen molar-refractivity contribution in [3.8, 4) is 48.6 Å². The van der Waals surface area contributed by atoms with E-state index in [9.17, 15) is 94.8 Å². The fourth-order valence-corrected chi connectivity index (χ4v) is 5.12. The van der Waals surface area contributed by atoms with Crippen molar-refractivity contribution in [3.05, 3.63) is 101 Å². The van der Waals surface area contributed by atoms with Gasteiger partial charge in [-0.25, -0.2) is 0 Å². The number of rotatable bonds is 2. The van der Waals surface area contributed by atoms with Crippen molar-refractivity contribution in [1.82, 2.24) is 0 Å². The van der Waals surface area contributed by atoms with Crippen LogP contribution in [0.2, 0.25) is 0 Å². The smallest absolute Gasteiger partial charge is 0.192 e. The SMILES string of the molecule is N#C/C(c1cc(C#N)c(C(F)(F)F)c(C#N)c1C(F)(F)F)=c1/cc/c(=C(/C#N)c2cc(C#N)c(C(F)(F)F)c(C#N)c2C(F)(F)F)c(C#N)c1C#N. The summed E-state index contributed by atoms with van der Waals surface area (Å²) in [5, 5.41) is 75.0. The zero-order valence-electron chi connectivity index (χ0n) is 24.4. The summed E-state index contributed by atoms with van der Waals surface area (Å²) < 4.78 is 168. The maximum Gasteiger partial charge on any atom is 0.418 e. The maximum atomic E-state index is 14.3. The second kappa shape index (κ2) is 13.4. The van der Waals surface area contributed by atoms with E-state index in [1.807, 2.05) is 0 Å². The fourth-order valence-electron chi connectivity index (χ4n) is 5.12. The van der Waals surface area contributed by atoms with Crippen LogP contribution in [0.3, 0.4) is 0 Å². The molecule has 0 heterocycles. The lowest BCUT2D eigenvalue weighted by atomic mass is 9.85. The van der Waals surface area contributed by atoms with E-state index in [1.54, 1.807) is 0 Å². The number of nitrogens with zero attached hydrogens (tertiary/aromatic N) is 8. The third-order valence-electron chi connectivity index (χ3n) is 6.98. The van der Waals surface area contributed by atoms with Crippen LogP contribution in [0, 0.1) is 90.6 Å². The highest BCUT2D eigenvalue weighted by Gasteiger charge is 2.47. The molecule has 3 aromatic carbocycles. The Hall–Kier alpha value is -7.52. The van der Waals surface area contributed by atoms with Crippen LogP contribution in [-0.4, -0.2) is 0 Å². The Morgan fingerprint density at radius 1 is 0.385 bits per heavy atom. The van der Waals surface area contributed by atoms with E-state index in [0.717, 1.165) is 24.3 Å². The number of nitriles is 8. The summed E-state index contributed by atoms with van der Waals surface area (Å²) in [6.45, 7) is 0. The number of halogens is 12. The molecule has 0 saturated carbocycles. The Bertz CT molecular complexity index is 2370. The standard InChI is InChI=1S/C32H4F12N8/c33-29(34,35)25-13(5-45)3-17(27(23(25)11-51)31(39,40)41)19(7-47)15-1-2-16(22(10-50)21(15)9-49)20(8-48)18-4-14(6-46)26(30(36,37)38)24(12-52)28(18)32(42,43)44/h1-4H/b19-15+,20-16+. The molecule has 0 spiro atoms. The Morgan fingerprint density at radius 3 is 0.846 bits per heavy atom. The molecule has 0 aliphatic rings. The largest absolute Gasteiger partial charge is 0.418 e. The molecule has 0 bridgehead atoms. The average Bonchev–Trinajstić information content (AvgIpc) is 3.05. The first-order chi connectivity index (χ1) is 24.0. The molecule has 0 radical (unpaired) electrons. The van der Waals surface area contributed by atoms with Crippen LogP contribution in [-0.2, 0) is 24.7 Å². The van der Waals surface area contributed by atoms with E-state index in [0.29, 0.717) is 24.3 Å². The van der Waals surface area contributed by atoms with Crippen molar-refractivity contribution >= 4 is 11.1 Å². The summed E-state index contributed by atoms with van der Waals surface area (Å²) in [4.78, 5) is 0. The summed E-state index contributed by atoms with van der Waals surface area (Å²) in [5.41, 5.74) is -25.5. The number of benzene rings is 3. The Balaban J connectivity index is 2.82. The van der Waals surface area contributed by atoms with Gasteiger partial charge in [0, 0.05) is 21.6 Å². The van der Waals surface area contributed by atoms with Gasteiger partial charge in [0.15, 0.2) is 0 Å². The van der Waals surface area contributed by atoms with E-state index in [-0.39, 0.29) is 12.1 Å². The van der Waals surface area contributed by atoms with Crippen molar-refractivity contribution in [2.75, 3.05) is 0 Å². The number of alkyl halides is 12. The molecule has 3 aromatic rings. The van der Waals surface area contributed by atoms with Gasteiger partial charge in [-0.15, -0.1) is 0 Å². The van der Waals surface area contributed by atoms with Crippen LogP contribution in [0.25, 0.3) is 11.1 Å². The van der Waals surface area contributed by atoms with Crippen LogP contribution in [0.5, 0.6) is 0 Å². The Morgan fingerprint density at radius 2 is 0.654 bits per heavy atom. The average molecular weight is 728 g/mol. The lowest BCUT2D eigenvalue weighted by Crippen LogP contribution is -2.26. The second-order valence-corrected chi connectivity index (χ2v) is 9.74. The monoisotopic (exact) mass is 728 g/mol. The molecule has 20 heteroatoms. The summed E-state index contributed by atoms with van der Waals surface area (Å²) >= 11 is 0. The predicted molar refractivity (Wildman–Crippen MR) is 143 cm³/mol. The van der Waals surface area contributed by atoms with E-state index in [4.69, 9.17) is 0 Å². The minimum Gasteiger partial charge on any atom is -0.192 e. The van der Waals surface area contributed by atoms with Crippen LogP contribution in [0.1, 0.15) is 66.8 Å². The van der Waals surface area contributed by atoms with Crippen molar-refractivity contribution in [1.29, 1.82) is 42.1 Å². The van der Waals surface area contributed by atoms with Gasteiger partial charge in [-0.3, -0.25) is 0 Å². The third kappa shape index (κ3) is 6.57. The molecule has 0 N–H and O–H groups in total. The highest BCUT2D eigenvalue weighted by molar-refractivity contribution is 5.85. The summed E-state index contributed by atoms with van der Waals surface area (Å²) in [5.74, 6) is 0. The molecule has 0 aliphatic heterocycles. The fraction of sp³-hybridized carbons (Fsp3) is 0.125. The molecule has 0 atom stereocenters. The molecule has 256 valence electrons. The lowest BCUT2D eigenvalue weighted by molar-refractivity contribution is -0.145. The molecule has 8 nitrogen and oxygen atoms in total.